The molecule has 8 heteroatoms. The van der Waals surface area contributed by atoms with Crippen LogP contribution >= 0.6 is 27.3 Å². The molecule has 6 nitrogen and oxygen atoms in total. The maximum absolute atomic E-state index is 11.8. The van der Waals surface area contributed by atoms with Crippen molar-refractivity contribution in [3.8, 4) is 0 Å². The summed E-state index contributed by atoms with van der Waals surface area (Å²) >= 11 is 4.38. The summed E-state index contributed by atoms with van der Waals surface area (Å²) in [6.07, 6.45) is -0.123. The SMILES string of the molecule is NC(=O)CC[C@@H](NC(=O)c1sccc1Br)C(=O)O. The lowest BCUT2D eigenvalue weighted by Gasteiger charge is -2.13. The summed E-state index contributed by atoms with van der Waals surface area (Å²) in [4.78, 5) is 33.7. The van der Waals surface area contributed by atoms with E-state index in [2.05, 4.69) is 21.2 Å². The maximum atomic E-state index is 11.8. The van der Waals surface area contributed by atoms with Crippen LogP contribution < -0.4 is 11.1 Å². The monoisotopic (exact) mass is 334 g/mol. The van der Waals surface area contributed by atoms with E-state index in [4.69, 9.17) is 10.8 Å². The molecular formula is C10H11BrN2O4S. The number of hydrogen-bond donors (Lipinski definition) is 3. The fraction of sp³-hybridized carbons (Fsp3) is 0.300. The van der Waals surface area contributed by atoms with Crippen molar-refractivity contribution in [2.24, 2.45) is 5.73 Å². The normalized spacial score (nSPS) is 11.8. The highest BCUT2D eigenvalue weighted by molar-refractivity contribution is 9.10. The van der Waals surface area contributed by atoms with Crippen molar-refractivity contribution >= 4 is 45.1 Å². The number of primary amides is 1. The Bertz CT molecular complexity index is 474. The molecule has 0 aliphatic carbocycles. The Balaban J connectivity index is 2.67. The number of carboxylic acids is 1. The third-order valence-corrected chi connectivity index (χ3v) is 3.94. The number of aliphatic carboxylic acids is 1. The molecule has 1 atom stereocenters. The lowest BCUT2D eigenvalue weighted by Crippen LogP contribution is -2.41. The van der Waals surface area contributed by atoms with Crippen LogP contribution in [-0.2, 0) is 9.59 Å². The molecule has 0 saturated carbocycles. The second-order valence-electron chi connectivity index (χ2n) is 3.47. The third kappa shape index (κ3) is 4.11. The number of thiophene rings is 1. The topological polar surface area (TPSA) is 109 Å². The summed E-state index contributed by atoms with van der Waals surface area (Å²) in [7, 11) is 0. The molecule has 0 aromatic carbocycles. The number of amides is 2. The Morgan fingerprint density at radius 2 is 2.17 bits per heavy atom. The maximum Gasteiger partial charge on any atom is 0.326 e. The summed E-state index contributed by atoms with van der Waals surface area (Å²) < 4.78 is 0.601. The minimum absolute atomic E-state index is 0.0284. The molecule has 4 N–H and O–H groups in total. The van der Waals surface area contributed by atoms with Gasteiger partial charge in [-0.2, -0.15) is 0 Å². The van der Waals surface area contributed by atoms with Gasteiger partial charge in [0.25, 0.3) is 5.91 Å². The summed E-state index contributed by atoms with van der Waals surface area (Å²) in [6.45, 7) is 0. The van der Waals surface area contributed by atoms with Gasteiger partial charge in [-0.05, 0) is 33.8 Å². The van der Waals surface area contributed by atoms with Gasteiger partial charge in [0.1, 0.15) is 10.9 Å². The fourth-order valence-electron chi connectivity index (χ4n) is 1.22. The summed E-state index contributed by atoms with van der Waals surface area (Å²) in [5, 5.41) is 13.0. The average Bonchev–Trinajstić information content (AvgIpc) is 2.69. The van der Waals surface area contributed by atoms with Gasteiger partial charge in [-0.1, -0.05) is 0 Å². The van der Waals surface area contributed by atoms with Crippen molar-refractivity contribution in [3.63, 3.8) is 0 Å². The molecule has 1 heterocycles. The predicted octanol–water partition coefficient (Wildman–Crippen LogP) is 0.959. The van der Waals surface area contributed by atoms with Crippen molar-refractivity contribution in [3.05, 3.63) is 20.8 Å². The van der Waals surface area contributed by atoms with Crippen LogP contribution in [0, 0.1) is 0 Å². The molecule has 2 amide bonds. The van der Waals surface area contributed by atoms with Crippen LogP contribution in [0.25, 0.3) is 0 Å². The summed E-state index contributed by atoms with van der Waals surface area (Å²) in [5.41, 5.74) is 4.94. The highest BCUT2D eigenvalue weighted by Crippen LogP contribution is 2.22. The van der Waals surface area contributed by atoms with Gasteiger partial charge in [0.2, 0.25) is 5.91 Å². The second-order valence-corrected chi connectivity index (χ2v) is 5.24. The van der Waals surface area contributed by atoms with Gasteiger partial charge < -0.3 is 16.2 Å². The molecule has 0 fully saturated rings. The first kappa shape index (κ1) is 14.7. The van der Waals surface area contributed by atoms with Crippen LogP contribution in [0.5, 0.6) is 0 Å². The first-order valence-electron chi connectivity index (χ1n) is 4.96. The quantitative estimate of drug-likeness (QED) is 0.719. The molecule has 0 spiro atoms. The number of nitrogens with two attached hydrogens (primary N) is 1. The third-order valence-electron chi connectivity index (χ3n) is 2.11. The number of carbonyl (C=O) groups is 3. The van der Waals surface area contributed by atoms with Crippen LogP contribution in [0.4, 0.5) is 0 Å². The number of hydrogen-bond acceptors (Lipinski definition) is 4. The Labute approximate surface area is 115 Å². The molecule has 0 bridgehead atoms. The summed E-state index contributed by atoms with van der Waals surface area (Å²) in [6, 6.07) is 0.567. The highest BCUT2D eigenvalue weighted by Gasteiger charge is 2.22. The molecule has 0 unspecified atom stereocenters. The van der Waals surface area contributed by atoms with Crippen LogP contribution in [-0.4, -0.2) is 28.9 Å². The summed E-state index contributed by atoms with van der Waals surface area (Å²) in [5.74, 6) is -2.29. The van der Waals surface area contributed by atoms with Crippen molar-refractivity contribution in [2.45, 2.75) is 18.9 Å². The van der Waals surface area contributed by atoms with E-state index in [9.17, 15) is 14.4 Å². The highest BCUT2D eigenvalue weighted by atomic mass is 79.9. The van der Waals surface area contributed by atoms with Gasteiger partial charge in [-0.3, -0.25) is 9.59 Å². The molecule has 18 heavy (non-hydrogen) atoms. The second kappa shape index (κ2) is 6.50. The Hall–Kier alpha value is -1.41. The molecule has 1 rings (SSSR count). The first-order chi connectivity index (χ1) is 8.41. The zero-order valence-electron chi connectivity index (χ0n) is 9.18. The largest absolute Gasteiger partial charge is 0.480 e. The zero-order valence-corrected chi connectivity index (χ0v) is 11.6. The van der Waals surface area contributed by atoms with Gasteiger partial charge in [0, 0.05) is 10.9 Å². The van der Waals surface area contributed by atoms with E-state index in [1.165, 1.54) is 11.3 Å². The minimum Gasteiger partial charge on any atom is -0.480 e. The molecule has 1 aromatic rings. The molecule has 0 aliphatic heterocycles. The zero-order chi connectivity index (χ0) is 13.7. The number of nitrogens with one attached hydrogen (secondary N) is 1. The molecule has 0 aliphatic rings. The van der Waals surface area contributed by atoms with Gasteiger partial charge in [-0.15, -0.1) is 11.3 Å². The van der Waals surface area contributed by atoms with E-state index in [1.807, 2.05) is 0 Å². The van der Waals surface area contributed by atoms with Crippen LogP contribution in [0.3, 0.4) is 0 Å². The van der Waals surface area contributed by atoms with Gasteiger partial charge in [0.15, 0.2) is 0 Å². The molecule has 1 aromatic heterocycles. The van der Waals surface area contributed by atoms with Crippen molar-refractivity contribution in [1.82, 2.24) is 5.32 Å². The molecular weight excluding hydrogens is 324 g/mol. The Morgan fingerprint density at radius 1 is 1.50 bits per heavy atom. The predicted molar refractivity (Wildman–Crippen MR) is 69.3 cm³/mol. The average molecular weight is 335 g/mol. The molecule has 0 saturated heterocycles. The smallest absolute Gasteiger partial charge is 0.326 e. The lowest BCUT2D eigenvalue weighted by molar-refractivity contribution is -0.139. The van der Waals surface area contributed by atoms with Crippen LogP contribution in [0.2, 0.25) is 0 Å². The standard InChI is InChI=1S/C10H11BrN2O4S/c11-5-3-4-18-8(5)9(15)13-6(10(16)17)1-2-7(12)14/h3-4,6H,1-2H2,(H2,12,14)(H,13,15)(H,16,17)/t6-/m1/s1. The number of carboxylic acid groups (broad SMARTS) is 1. The molecule has 0 radical (unpaired) electrons. The minimum atomic E-state index is -1.20. The van der Waals surface area contributed by atoms with E-state index >= 15 is 0 Å². The first-order valence-corrected chi connectivity index (χ1v) is 6.64. The van der Waals surface area contributed by atoms with E-state index in [0.29, 0.717) is 9.35 Å². The Morgan fingerprint density at radius 3 is 2.61 bits per heavy atom. The van der Waals surface area contributed by atoms with Crippen LogP contribution in [0.15, 0.2) is 15.9 Å². The Kier molecular flexibility index (Phi) is 5.29. The number of carbonyl (C=O) groups excluding carboxylic acids is 2. The lowest BCUT2D eigenvalue weighted by atomic mass is 10.1. The van der Waals surface area contributed by atoms with E-state index in [-0.39, 0.29) is 12.8 Å². The number of halogens is 1. The fourth-order valence-corrected chi connectivity index (χ4v) is 2.68. The van der Waals surface area contributed by atoms with Crippen molar-refractivity contribution < 1.29 is 19.5 Å². The van der Waals surface area contributed by atoms with Gasteiger partial charge >= 0.3 is 5.97 Å². The van der Waals surface area contributed by atoms with Crippen molar-refractivity contribution in [2.75, 3.05) is 0 Å². The van der Waals surface area contributed by atoms with Gasteiger partial charge in [0.05, 0.1) is 0 Å². The van der Waals surface area contributed by atoms with Crippen LogP contribution in [0.1, 0.15) is 22.5 Å². The molecule has 98 valence electrons. The van der Waals surface area contributed by atoms with Crippen molar-refractivity contribution in [1.29, 1.82) is 0 Å². The van der Waals surface area contributed by atoms with E-state index in [1.54, 1.807) is 11.4 Å². The number of rotatable bonds is 6. The van der Waals surface area contributed by atoms with Gasteiger partial charge in [-0.25, -0.2) is 4.79 Å². The van der Waals surface area contributed by atoms with E-state index in [0.717, 1.165) is 0 Å². The van der Waals surface area contributed by atoms with E-state index < -0.39 is 23.8 Å².